The number of hydrogen-bond donors (Lipinski definition) is 1. The average Bonchev–Trinajstić information content (AvgIpc) is 2.84. The lowest BCUT2D eigenvalue weighted by atomic mass is 10.2. The van der Waals surface area contributed by atoms with Crippen molar-refractivity contribution in [1.82, 2.24) is 10.2 Å². The van der Waals surface area contributed by atoms with E-state index in [1.807, 2.05) is 4.90 Å². The molecule has 5 atom stereocenters. The van der Waals surface area contributed by atoms with Gasteiger partial charge in [0.25, 0.3) is 0 Å². The Morgan fingerprint density at radius 1 is 1.37 bits per heavy atom. The van der Waals surface area contributed by atoms with Crippen LogP contribution in [0.1, 0.15) is 6.42 Å². The van der Waals surface area contributed by atoms with E-state index in [0.29, 0.717) is 31.0 Å². The zero-order valence-electron chi connectivity index (χ0n) is 11.5. The molecule has 0 aromatic rings. The highest BCUT2D eigenvalue weighted by Gasteiger charge is 2.55. The highest BCUT2D eigenvalue weighted by atomic mass is 16.5. The van der Waals surface area contributed by atoms with Crippen molar-refractivity contribution in [2.75, 3.05) is 40.6 Å². The van der Waals surface area contributed by atoms with Gasteiger partial charge in [0.1, 0.15) is 0 Å². The number of hydrogen-bond acceptors (Lipinski definition) is 4. The van der Waals surface area contributed by atoms with Crippen LogP contribution in [-0.4, -0.2) is 69.7 Å². The molecule has 3 aliphatic rings. The molecule has 1 aliphatic carbocycles. The fraction of sp³-hybridized carbons (Fsp3) is 0.923. The number of nitrogens with one attached hydrogen (secondary N) is 1. The molecule has 0 radical (unpaired) electrons. The van der Waals surface area contributed by atoms with Crippen LogP contribution >= 0.6 is 0 Å². The summed E-state index contributed by atoms with van der Waals surface area (Å²) in [6.07, 6.45) is 0.964. The zero-order valence-corrected chi connectivity index (χ0v) is 11.5. The quantitative estimate of drug-likeness (QED) is 0.786. The molecular weight excluding hydrogens is 248 g/mol. The van der Waals surface area contributed by atoms with E-state index in [9.17, 15) is 4.79 Å². The fourth-order valence-corrected chi connectivity index (χ4v) is 3.32. The summed E-state index contributed by atoms with van der Waals surface area (Å²) < 4.78 is 15.9. The average molecular weight is 270 g/mol. The lowest BCUT2D eigenvalue weighted by molar-refractivity contribution is 0.109. The second-order valence-corrected chi connectivity index (χ2v) is 5.70. The summed E-state index contributed by atoms with van der Waals surface area (Å²) in [5.41, 5.74) is 0. The number of urea groups is 1. The minimum Gasteiger partial charge on any atom is -0.383 e. The maximum Gasteiger partial charge on any atom is 0.318 e. The molecule has 6 nitrogen and oxygen atoms in total. The number of carbonyl (C=O) groups excluding carboxylic acids is 1. The van der Waals surface area contributed by atoms with Gasteiger partial charge < -0.3 is 24.4 Å². The summed E-state index contributed by atoms with van der Waals surface area (Å²) in [7, 11) is 3.36. The number of ether oxygens (including phenoxy) is 3. The summed E-state index contributed by atoms with van der Waals surface area (Å²) in [6.45, 7) is 2.79. The fourth-order valence-electron chi connectivity index (χ4n) is 3.32. The number of nitrogens with zero attached hydrogens (tertiary/aromatic N) is 1. The third-order valence-corrected chi connectivity index (χ3v) is 4.57. The third kappa shape index (κ3) is 2.44. The van der Waals surface area contributed by atoms with Gasteiger partial charge in [0, 0.05) is 38.6 Å². The van der Waals surface area contributed by atoms with Gasteiger partial charge in [-0.25, -0.2) is 4.79 Å². The summed E-state index contributed by atoms with van der Waals surface area (Å²) in [6, 6.07) is 0.442. The van der Waals surface area contributed by atoms with Crippen LogP contribution in [-0.2, 0) is 14.2 Å². The molecule has 6 heteroatoms. The monoisotopic (exact) mass is 270 g/mol. The maximum absolute atomic E-state index is 12.3. The number of fused-ring (bicyclic) bond motifs is 1. The molecule has 1 saturated carbocycles. The van der Waals surface area contributed by atoms with Gasteiger partial charge in [0.2, 0.25) is 0 Å². The van der Waals surface area contributed by atoms with Crippen LogP contribution in [0.5, 0.6) is 0 Å². The van der Waals surface area contributed by atoms with Gasteiger partial charge >= 0.3 is 6.03 Å². The number of methoxy groups -OCH3 is 2. The predicted molar refractivity (Wildman–Crippen MR) is 67.9 cm³/mol. The Balaban J connectivity index is 1.55. The maximum atomic E-state index is 12.3. The molecule has 0 spiro atoms. The van der Waals surface area contributed by atoms with Crippen LogP contribution < -0.4 is 5.32 Å². The van der Waals surface area contributed by atoms with Crippen molar-refractivity contribution in [3.8, 4) is 0 Å². The highest BCUT2D eigenvalue weighted by Crippen LogP contribution is 2.44. The van der Waals surface area contributed by atoms with E-state index in [-0.39, 0.29) is 18.2 Å². The number of amides is 2. The van der Waals surface area contributed by atoms with Gasteiger partial charge in [-0.3, -0.25) is 0 Å². The molecule has 108 valence electrons. The van der Waals surface area contributed by atoms with Gasteiger partial charge in [0.05, 0.1) is 32.0 Å². The van der Waals surface area contributed by atoms with Crippen molar-refractivity contribution < 1.29 is 19.0 Å². The van der Waals surface area contributed by atoms with Gasteiger partial charge in [-0.05, 0) is 6.42 Å². The van der Waals surface area contributed by atoms with E-state index in [0.717, 1.165) is 19.6 Å². The van der Waals surface area contributed by atoms with Crippen LogP contribution in [0.4, 0.5) is 4.79 Å². The van der Waals surface area contributed by atoms with Gasteiger partial charge in [0.15, 0.2) is 0 Å². The Labute approximate surface area is 113 Å². The minimum atomic E-state index is 0.0148. The molecule has 1 N–H and O–H groups in total. The second kappa shape index (κ2) is 5.26. The Bertz CT molecular complexity index is 342. The van der Waals surface area contributed by atoms with E-state index in [2.05, 4.69) is 5.32 Å². The molecule has 0 bridgehead atoms. The number of carbonyl (C=O) groups is 1. The molecule has 0 aromatic carbocycles. The van der Waals surface area contributed by atoms with E-state index in [1.54, 1.807) is 14.2 Å². The normalized spacial score (nSPS) is 40.3. The van der Waals surface area contributed by atoms with Gasteiger partial charge in [-0.1, -0.05) is 0 Å². The number of likely N-dealkylation sites (tertiary alicyclic amines) is 1. The van der Waals surface area contributed by atoms with Gasteiger partial charge in [-0.15, -0.1) is 0 Å². The first-order chi connectivity index (χ1) is 9.24. The van der Waals surface area contributed by atoms with Crippen molar-refractivity contribution in [2.24, 2.45) is 11.8 Å². The molecule has 3 fully saturated rings. The Kier molecular flexibility index (Phi) is 3.64. The Morgan fingerprint density at radius 2 is 2.11 bits per heavy atom. The lowest BCUT2D eigenvalue weighted by Gasteiger charge is -2.24. The summed E-state index contributed by atoms with van der Waals surface area (Å²) in [5, 5.41) is 3.13. The van der Waals surface area contributed by atoms with Crippen LogP contribution in [0.15, 0.2) is 0 Å². The van der Waals surface area contributed by atoms with Crippen LogP contribution in [0.25, 0.3) is 0 Å². The van der Waals surface area contributed by atoms with Crippen molar-refractivity contribution in [2.45, 2.75) is 24.6 Å². The molecule has 2 saturated heterocycles. The Morgan fingerprint density at radius 3 is 2.74 bits per heavy atom. The summed E-state index contributed by atoms with van der Waals surface area (Å²) in [5.74, 6) is 1.07. The number of rotatable bonds is 4. The predicted octanol–water partition coefficient (Wildman–Crippen LogP) is 0.0765. The molecule has 2 aliphatic heterocycles. The van der Waals surface area contributed by atoms with Crippen molar-refractivity contribution in [3.05, 3.63) is 0 Å². The minimum absolute atomic E-state index is 0.0148. The lowest BCUT2D eigenvalue weighted by Crippen LogP contribution is -2.46. The van der Waals surface area contributed by atoms with E-state index in [4.69, 9.17) is 14.2 Å². The second-order valence-electron chi connectivity index (χ2n) is 5.70. The van der Waals surface area contributed by atoms with E-state index in [1.165, 1.54) is 0 Å². The van der Waals surface area contributed by atoms with Crippen molar-refractivity contribution >= 4 is 6.03 Å². The first-order valence-electron chi connectivity index (χ1n) is 6.91. The van der Waals surface area contributed by atoms with Crippen LogP contribution in [0.2, 0.25) is 0 Å². The van der Waals surface area contributed by atoms with Crippen LogP contribution in [0, 0.1) is 11.8 Å². The Hall–Kier alpha value is -0.850. The molecule has 0 aromatic heterocycles. The molecule has 19 heavy (non-hydrogen) atoms. The topological polar surface area (TPSA) is 60.0 Å². The highest BCUT2D eigenvalue weighted by molar-refractivity contribution is 5.76. The van der Waals surface area contributed by atoms with E-state index < -0.39 is 0 Å². The molecule has 3 rings (SSSR count). The first-order valence-corrected chi connectivity index (χ1v) is 6.91. The van der Waals surface area contributed by atoms with E-state index >= 15 is 0 Å². The van der Waals surface area contributed by atoms with Crippen LogP contribution in [0.3, 0.4) is 0 Å². The molecule has 2 heterocycles. The van der Waals surface area contributed by atoms with Crippen molar-refractivity contribution in [1.29, 1.82) is 0 Å². The smallest absolute Gasteiger partial charge is 0.318 e. The third-order valence-electron chi connectivity index (χ3n) is 4.57. The summed E-state index contributed by atoms with van der Waals surface area (Å²) in [4.78, 5) is 14.2. The van der Waals surface area contributed by atoms with Gasteiger partial charge in [-0.2, -0.15) is 0 Å². The molecule has 2 amide bonds. The first kappa shape index (κ1) is 13.1. The SMILES string of the molecule is COC[C@@H]1C[C@H](OC)CN1C(=O)NC1[C@H]2COC[C@@H]12. The molecule has 1 unspecified atom stereocenters. The summed E-state index contributed by atoms with van der Waals surface area (Å²) >= 11 is 0. The standard InChI is InChI=1S/C13H22N2O4/c1-17-5-8-3-9(18-2)4-15(8)13(16)14-12-10-6-19-7-11(10)12/h8-12H,3-7H2,1-2H3,(H,14,16)/t8-,9-,10-,11+,12?/m0/s1. The largest absolute Gasteiger partial charge is 0.383 e. The zero-order chi connectivity index (χ0) is 13.4. The van der Waals surface area contributed by atoms with Crippen molar-refractivity contribution in [3.63, 3.8) is 0 Å². The molecular formula is C13H22N2O4.